The molecule has 8 heteroatoms. The lowest BCUT2D eigenvalue weighted by atomic mass is 10.0. The summed E-state index contributed by atoms with van der Waals surface area (Å²) in [4.78, 5) is 17.7. The summed E-state index contributed by atoms with van der Waals surface area (Å²) in [6.45, 7) is 0. The molecule has 0 fully saturated rings. The minimum Gasteiger partial charge on any atom is -0.459 e. The number of aromatic nitrogens is 3. The number of hydrogen-bond donors (Lipinski definition) is 1. The van der Waals surface area contributed by atoms with E-state index >= 15 is 0 Å². The van der Waals surface area contributed by atoms with Gasteiger partial charge < -0.3 is 8.83 Å². The molecular weight excluding hydrogens is 404 g/mol. The number of hydrogen-bond acceptors (Lipinski definition) is 6. The summed E-state index contributed by atoms with van der Waals surface area (Å²) in [6.07, 6.45) is 1.50. The van der Waals surface area contributed by atoms with Crippen molar-refractivity contribution >= 4 is 34.4 Å². The maximum atomic E-state index is 13.1. The van der Waals surface area contributed by atoms with Gasteiger partial charge in [0.25, 0.3) is 11.8 Å². The van der Waals surface area contributed by atoms with Gasteiger partial charge in [-0.3, -0.25) is 10.1 Å². The maximum absolute atomic E-state index is 13.1. The highest BCUT2D eigenvalue weighted by atomic mass is 35.5. The molecule has 0 spiro atoms. The molecule has 146 valence electrons. The van der Waals surface area contributed by atoms with Crippen molar-refractivity contribution < 1.29 is 13.6 Å². The molecule has 0 saturated heterocycles. The molecule has 0 unspecified atom stereocenters. The molecule has 3 heterocycles. The van der Waals surface area contributed by atoms with Crippen LogP contribution >= 0.6 is 11.6 Å². The van der Waals surface area contributed by atoms with Crippen molar-refractivity contribution in [1.82, 2.24) is 15.2 Å². The van der Waals surface area contributed by atoms with Crippen LogP contribution in [0.1, 0.15) is 10.4 Å². The van der Waals surface area contributed by atoms with E-state index in [1.807, 2.05) is 30.3 Å². The number of carbonyl (C=O) groups is 1. The number of pyridine rings is 1. The zero-order valence-electron chi connectivity index (χ0n) is 15.4. The molecule has 0 radical (unpaired) electrons. The van der Waals surface area contributed by atoms with E-state index in [0.29, 0.717) is 32.9 Å². The molecular formula is C22H13ClN4O3. The van der Waals surface area contributed by atoms with E-state index in [1.54, 1.807) is 36.4 Å². The number of halogens is 1. The van der Waals surface area contributed by atoms with Gasteiger partial charge in [0, 0.05) is 16.0 Å². The molecule has 0 bridgehead atoms. The fourth-order valence-corrected chi connectivity index (χ4v) is 3.25. The number of amides is 1. The van der Waals surface area contributed by atoms with Crippen molar-refractivity contribution in [3.05, 3.63) is 83.6 Å². The number of nitrogens with one attached hydrogen (secondary N) is 1. The fourth-order valence-electron chi connectivity index (χ4n) is 3.08. The first-order valence-electron chi connectivity index (χ1n) is 9.02. The minimum absolute atomic E-state index is 0.0356. The van der Waals surface area contributed by atoms with Crippen LogP contribution in [0.4, 0.5) is 6.01 Å². The highest BCUT2D eigenvalue weighted by Gasteiger charge is 2.18. The lowest BCUT2D eigenvalue weighted by Crippen LogP contribution is -2.13. The zero-order chi connectivity index (χ0) is 20.5. The standard InChI is InChI=1S/C22H13ClN4O3/c23-14-8-9-15-16(12-17(24-18(15)11-14)13-5-2-1-3-6-13)20(28)25-22-27-26-21(30-22)19-7-4-10-29-19/h1-12H,(H,25,27,28). The molecule has 1 N–H and O–H groups in total. The third-order valence-corrected chi connectivity index (χ3v) is 4.70. The highest BCUT2D eigenvalue weighted by Crippen LogP contribution is 2.28. The lowest BCUT2D eigenvalue weighted by Gasteiger charge is -2.09. The maximum Gasteiger partial charge on any atom is 0.322 e. The van der Waals surface area contributed by atoms with Crippen LogP contribution in [-0.2, 0) is 0 Å². The van der Waals surface area contributed by atoms with Gasteiger partial charge in [-0.2, -0.15) is 0 Å². The van der Waals surface area contributed by atoms with E-state index in [1.165, 1.54) is 6.26 Å². The summed E-state index contributed by atoms with van der Waals surface area (Å²) >= 11 is 6.15. The second-order valence-electron chi connectivity index (χ2n) is 6.43. The Morgan fingerprint density at radius 1 is 0.967 bits per heavy atom. The molecule has 0 saturated carbocycles. The fraction of sp³-hybridized carbons (Fsp3) is 0. The van der Waals surface area contributed by atoms with Gasteiger partial charge >= 0.3 is 6.01 Å². The lowest BCUT2D eigenvalue weighted by molar-refractivity contribution is 0.102. The van der Waals surface area contributed by atoms with Crippen LogP contribution in [0.15, 0.2) is 81.8 Å². The Morgan fingerprint density at radius 3 is 2.63 bits per heavy atom. The summed E-state index contributed by atoms with van der Waals surface area (Å²) in [5.74, 6) is 0.182. The average molecular weight is 417 g/mol. The van der Waals surface area contributed by atoms with Crippen LogP contribution in [0.25, 0.3) is 33.8 Å². The summed E-state index contributed by atoms with van der Waals surface area (Å²) in [5, 5.41) is 11.6. The van der Waals surface area contributed by atoms with Crippen LogP contribution in [-0.4, -0.2) is 21.1 Å². The van der Waals surface area contributed by atoms with Crippen molar-refractivity contribution in [1.29, 1.82) is 0 Å². The van der Waals surface area contributed by atoms with Gasteiger partial charge in [-0.15, -0.1) is 5.10 Å². The van der Waals surface area contributed by atoms with Gasteiger partial charge in [0.1, 0.15) is 0 Å². The topological polar surface area (TPSA) is 94.1 Å². The zero-order valence-corrected chi connectivity index (χ0v) is 16.1. The molecule has 3 aromatic heterocycles. The van der Waals surface area contributed by atoms with Gasteiger partial charge in [-0.05, 0) is 30.3 Å². The van der Waals surface area contributed by atoms with Crippen molar-refractivity contribution in [2.45, 2.75) is 0 Å². The minimum atomic E-state index is -0.406. The van der Waals surface area contributed by atoms with Gasteiger partial charge in [0.05, 0.1) is 23.0 Å². The average Bonchev–Trinajstić information content (AvgIpc) is 3.45. The first-order valence-corrected chi connectivity index (χ1v) is 9.39. The number of anilines is 1. The van der Waals surface area contributed by atoms with Crippen molar-refractivity contribution in [3.8, 4) is 22.9 Å². The van der Waals surface area contributed by atoms with E-state index in [9.17, 15) is 4.79 Å². The Kier molecular flexibility index (Phi) is 4.49. The van der Waals surface area contributed by atoms with Gasteiger partial charge in [0.2, 0.25) is 0 Å². The Morgan fingerprint density at radius 2 is 1.83 bits per heavy atom. The molecule has 7 nitrogen and oxygen atoms in total. The van der Waals surface area contributed by atoms with Gasteiger partial charge in [0.15, 0.2) is 5.76 Å². The largest absolute Gasteiger partial charge is 0.459 e. The molecule has 5 aromatic rings. The van der Waals surface area contributed by atoms with Gasteiger partial charge in [-0.1, -0.05) is 53.1 Å². The molecule has 5 rings (SSSR count). The SMILES string of the molecule is O=C(Nc1nnc(-c2ccco2)o1)c1cc(-c2ccccc2)nc2cc(Cl)ccc12. The second kappa shape index (κ2) is 7.46. The number of nitrogens with zero attached hydrogens (tertiary/aromatic N) is 3. The Balaban J connectivity index is 1.54. The Labute approximate surface area is 175 Å². The van der Waals surface area contributed by atoms with E-state index in [4.69, 9.17) is 20.4 Å². The van der Waals surface area contributed by atoms with Crippen LogP contribution in [0.2, 0.25) is 5.02 Å². The van der Waals surface area contributed by atoms with Crippen LogP contribution in [0, 0.1) is 0 Å². The Bertz CT molecular complexity index is 1350. The molecule has 0 aliphatic rings. The summed E-state index contributed by atoms with van der Waals surface area (Å²) in [6, 6.07) is 19.9. The highest BCUT2D eigenvalue weighted by molar-refractivity contribution is 6.31. The third kappa shape index (κ3) is 3.42. The molecule has 1 amide bonds. The number of rotatable bonds is 4. The van der Waals surface area contributed by atoms with Crippen molar-refractivity contribution in [2.24, 2.45) is 0 Å². The van der Waals surface area contributed by atoms with Crippen LogP contribution < -0.4 is 5.32 Å². The molecule has 2 aromatic carbocycles. The first kappa shape index (κ1) is 18.1. The van der Waals surface area contributed by atoms with Crippen LogP contribution in [0.5, 0.6) is 0 Å². The van der Waals surface area contributed by atoms with Crippen LogP contribution in [0.3, 0.4) is 0 Å². The molecule has 0 aliphatic carbocycles. The summed E-state index contributed by atoms with van der Waals surface area (Å²) in [7, 11) is 0. The van der Waals surface area contributed by atoms with Crippen molar-refractivity contribution in [2.75, 3.05) is 5.32 Å². The van der Waals surface area contributed by atoms with Gasteiger partial charge in [-0.25, -0.2) is 4.98 Å². The van der Waals surface area contributed by atoms with E-state index in [-0.39, 0.29) is 11.9 Å². The number of furan rings is 1. The quantitative estimate of drug-likeness (QED) is 0.418. The summed E-state index contributed by atoms with van der Waals surface area (Å²) < 4.78 is 10.7. The molecule has 30 heavy (non-hydrogen) atoms. The van der Waals surface area contributed by atoms with E-state index in [0.717, 1.165) is 5.56 Å². The number of benzene rings is 2. The first-order chi connectivity index (χ1) is 14.7. The normalized spacial score (nSPS) is 11.0. The Hall–Kier alpha value is -3.97. The second-order valence-corrected chi connectivity index (χ2v) is 6.86. The number of carbonyl (C=O) groups excluding carboxylic acids is 1. The predicted octanol–water partition coefficient (Wildman–Crippen LogP) is 5.45. The monoisotopic (exact) mass is 416 g/mol. The molecule has 0 atom stereocenters. The third-order valence-electron chi connectivity index (χ3n) is 4.46. The van der Waals surface area contributed by atoms with E-state index in [2.05, 4.69) is 20.5 Å². The smallest absolute Gasteiger partial charge is 0.322 e. The van der Waals surface area contributed by atoms with E-state index < -0.39 is 5.91 Å². The summed E-state index contributed by atoms with van der Waals surface area (Å²) in [5.41, 5.74) is 2.55. The van der Waals surface area contributed by atoms with Crippen molar-refractivity contribution in [3.63, 3.8) is 0 Å². The molecule has 0 aliphatic heterocycles. The number of fused-ring (bicyclic) bond motifs is 1. The predicted molar refractivity (Wildman–Crippen MR) is 112 cm³/mol.